The van der Waals surface area contributed by atoms with Crippen molar-refractivity contribution in [3.05, 3.63) is 58.4 Å². The molecule has 130 valence electrons. The number of rotatable bonds is 3. The van der Waals surface area contributed by atoms with Crippen LogP contribution < -0.4 is 14.9 Å². The maximum Gasteiger partial charge on any atom is 0.450 e. The molecule has 3 aromatic rings. The first-order chi connectivity index (χ1) is 11.9. The molecular formula is C18H13F3O4. The van der Waals surface area contributed by atoms with Crippen molar-refractivity contribution in [1.29, 1.82) is 0 Å². The van der Waals surface area contributed by atoms with Gasteiger partial charge in [0.25, 0.3) is 0 Å². The standard InChI is InChI=1S/C18H13F3O4/c1-23-10-7-8-12-14(9-10)25-17(18(19,20)21)15(16(12)22)11-5-3-4-6-13(11)24-2/h3-9H,1-2H3. The molecule has 0 aliphatic rings. The number of alkyl halides is 3. The highest BCUT2D eigenvalue weighted by Gasteiger charge is 2.40. The smallest absolute Gasteiger partial charge is 0.450 e. The van der Waals surface area contributed by atoms with Gasteiger partial charge in [0.2, 0.25) is 11.2 Å². The molecule has 4 nitrogen and oxygen atoms in total. The molecule has 1 aromatic heterocycles. The highest BCUT2D eigenvalue weighted by molar-refractivity contribution is 5.85. The van der Waals surface area contributed by atoms with Crippen LogP contribution in [-0.4, -0.2) is 14.2 Å². The summed E-state index contributed by atoms with van der Waals surface area (Å²) >= 11 is 0. The van der Waals surface area contributed by atoms with Crippen LogP contribution >= 0.6 is 0 Å². The van der Waals surface area contributed by atoms with Crippen LogP contribution in [0.1, 0.15) is 5.76 Å². The Balaban J connectivity index is 2.45. The Morgan fingerprint density at radius 3 is 2.36 bits per heavy atom. The van der Waals surface area contributed by atoms with Gasteiger partial charge in [0.05, 0.1) is 25.2 Å². The van der Waals surface area contributed by atoms with Crippen molar-refractivity contribution >= 4 is 11.0 Å². The van der Waals surface area contributed by atoms with Crippen molar-refractivity contribution in [3.63, 3.8) is 0 Å². The highest BCUT2D eigenvalue weighted by Crippen LogP contribution is 2.40. The number of halogens is 3. The zero-order valence-electron chi connectivity index (χ0n) is 13.3. The lowest BCUT2D eigenvalue weighted by atomic mass is 10.0. The van der Waals surface area contributed by atoms with Gasteiger partial charge in [0, 0.05) is 11.6 Å². The molecule has 2 aromatic carbocycles. The highest BCUT2D eigenvalue weighted by atomic mass is 19.4. The Morgan fingerprint density at radius 2 is 1.72 bits per heavy atom. The number of para-hydroxylation sites is 1. The van der Waals surface area contributed by atoms with E-state index in [1.807, 2.05) is 0 Å². The van der Waals surface area contributed by atoms with Crippen molar-refractivity contribution in [2.45, 2.75) is 6.18 Å². The molecule has 0 atom stereocenters. The van der Waals surface area contributed by atoms with Gasteiger partial charge in [-0.3, -0.25) is 4.79 Å². The van der Waals surface area contributed by atoms with Crippen molar-refractivity contribution in [2.75, 3.05) is 14.2 Å². The molecule has 25 heavy (non-hydrogen) atoms. The minimum absolute atomic E-state index is 0.0174. The van der Waals surface area contributed by atoms with E-state index in [-0.39, 0.29) is 28.0 Å². The third kappa shape index (κ3) is 2.93. The van der Waals surface area contributed by atoms with Gasteiger partial charge >= 0.3 is 6.18 Å². The van der Waals surface area contributed by atoms with Gasteiger partial charge in [-0.2, -0.15) is 13.2 Å². The Hall–Kier alpha value is -2.96. The monoisotopic (exact) mass is 350 g/mol. The van der Waals surface area contributed by atoms with E-state index in [0.29, 0.717) is 0 Å². The maximum atomic E-state index is 13.6. The van der Waals surface area contributed by atoms with E-state index in [0.717, 1.165) is 0 Å². The SMILES string of the molecule is COc1ccc2c(=O)c(-c3ccccc3OC)c(C(F)(F)F)oc2c1. The summed E-state index contributed by atoms with van der Waals surface area (Å²) in [4.78, 5) is 12.8. The fraction of sp³-hybridized carbons (Fsp3) is 0.167. The Bertz CT molecular complexity index is 990. The Morgan fingerprint density at radius 1 is 1.00 bits per heavy atom. The molecule has 0 aliphatic carbocycles. The van der Waals surface area contributed by atoms with Crippen molar-refractivity contribution < 1.29 is 27.1 Å². The first-order valence-corrected chi connectivity index (χ1v) is 7.22. The fourth-order valence-corrected chi connectivity index (χ4v) is 2.60. The topological polar surface area (TPSA) is 48.7 Å². The summed E-state index contributed by atoms with van der Waals surface area (Å²) in [6.45, 7) is 0. The van der Waals surface area contributed by atoms with E-state index in [2.05, 4.69) is 0 Å². The van der Waals surface area contributed by atoms with Crippen LogP contribution in [0.2, 0.25) is 0 Å². The van der Waals surface area contributed by atoms with E-state index in [1.54, 1.807) is 6.07 Å². The van der Waals surface area contributed by atoms with Gasteiger partial charge in [-0.25, -0.2) is 0 Å². The molecule has 0 aliphatic heterocycles. The quantitative estimate of drug-likeness (QED) is 0.698. The van der Waals surface area contributed by atoms with Crippen LogP contribution in [0.5, 0.6) is 11.5 Å². The van der Waals surface area contributed by atoms with Crippen LogP contribution in [0.4, 0.5) is 13.2 Å². The summed E-state index contributed by atoms with van der Waals surface area (Å²) in [5, 5.41) is 0.0229. The molecule has 0 radical (unpaired) electrons. The molecular weight excluding hydrogens is 337 g/mol. The average Bonchev–Trinajstić information content (AvgIpc) is 2.60. The van der Waals surface area contributed by atoms with Crippen LogP contribution in [0, 0.1) is 0 Å². The molecule has 0 spiro atoms. The number of hydrogen-bond donors (Lipinski definition) is 0. The second-order valence-electron chi connectivity index (χ2n) is 5.20. The third-order valence-corrected chi connectivity index (χ3v) is 3.73. The van der Waals surface area contributed by atoms with E-state index in [1.165, 1.54) is 50.6 Å². The third-order valence-electron chi connectivity index (χ3n) is 3.73. The summed E-state index contributed by atoms with van der Waals surface area (Å²) in [6, 6.07) is 10.1. The minimum Gasteiger partial charge on any atom is -0.497 e. The molecule has 0 amide bonds. The summed E-state index contributed by atoms with van der Waals surface area (Å²) < 4.78 is 55.8. The summed E-state index contributed by atoms with van der Waals surface area (Å²) in [6.07, 6.45) is -4.85. The van der Waals surface area contributed by atoms with Crippen molar-refractivity contribution in [2.24, 2.45) is 0 Å². The zero-order valence-corrected chi connectivity index (χ0v) is 13.3. The van der Waals surface area contributed by atoms with Gasteiger partial charge in [-0.05, 0) is 18.2 Å². The molecule has 0 fully saturated rings. The van der Waals surface area contributed by atoms with Gasteiger partial charge in [-0.15, -0.1) is 0 Å². The zero-order chi connectivity index (χ0) is 18.2. The molecule has 0 bridgehead atoms. The normalized spacial score (nSPS) is 11.6. The lowest BCUT2D eigenvalue weighted by molar-refractivity contribution is -0.152. The second kappa shape index (κ2) is 6.16. The first kappa shape index (κ1) is 16.9. The molecule has 0 saturated heterocycles. The van der Waals surface area contributed by atoms with Gasteiger partial charge < -0.3 is 13.9 Å². The first-order valence-electron chi connectivity index (χ1n) is 7.22. The number of fused-ring (bicyclic) bond motifs is 1. The second-order valence-corrected chi connectivity index (χ2v) is 5.20. The van der Waals surface area contributed by atoms with Crippen molar-refractivity contribution in [3.8, 4) is 22.6 Å². The molecule has 3 rings (SSSR count). The van der Waals surface area contributed by atoms with Gasteiger partial charge in [-0.1, -0.05) is 18.2 Å². The molecule has 0 saturated carbocycles. The van der Waals surface area contributed by atoms with Gasteiger partial charge in [0.15, 0.2) is 0 Å². The molecule has 0 unspecified atom stereocenters. The van der Waals surface area contributed by atoms with E-state index in [9.17, 15) is 18.0 Å². The maximum absolute atomic E-state index is 13.6. The molecule has 7 heteroatoms. The molecule has 0 N–H and O–H groups in total. The number of ether oxygens (including phenoxy) is 2. The summed E-state index contributed by atoms with van der Waals surface area (Å²) in [5.74, 6) is -0.940. The van der Waals surface area contributed by atoms with E-state index in [4.69, 9.17) is 13.9 Å². The number of benzene rings is 2. The minimum atomic E-state index is -4.85. The van der Waals surface area contributed by atoms with Crippen LogP contribution in [-0.2, 0) is 6.18 Å². The lowest BCUT2D eigenvalue weighted by Crippen LogP contribution is -2.16. The molecule has 1 heterocycles. The average molecular weight is 350 g/mol. The van der Waals surface area contributed by atoms with Crippen LogP contribution in [0.15, 0.2) is 51.7 Å². The summed E-state index contributed by atoms with van der Waals surface area (Å²) in [7, 11) is 2.69. The van der Waals surface area contributed by atoms with Gasteiger partial charge in [0.1, 0.15) is 17.1 Å². The van der Waals surface area contributed by atoms with Crippen LogP contribution in [0.25, 0.3) is 22.1 Å². The Labute approximate surface area is 140 Å². The predicted octanol–water partition coefficient (Wildman–Crippen LogP) is 4.50. The fourth-order valence-electron chi connectivity index (χ4n) is 2.60. The number of hydrogen-bond acceptors (Lipinski definition) is 4. The summed E-state index contributed by atoms with van der Waals surface area (Å²) in [5.41, 5.74) is -1.55. The predicted molar refractivity (Wildman–Crippen MR) is 86.0 cm³/mol. The van der Waals surface area contributed by atoms with E-state index < -0.39 is 22.9 Å². The largest absolute Gasteiger partial charge is 0.497 e. The number of methoxy groups -OCH3 is 2. The Kier molecular flexibility index (Phi) is 4.16. The lowest BCUT2D eigenvalue weighted by Gasteiger charge is -2.15. The van der Waals surface area contributed by atoms with E-state index >= 15 is 0 Å². The van der Waals surface area contributed by atoms with Crippen molar-refractivity contribution in [1.82, 2.24) is 0 Å². The van der Waals surface area contributed by atoms with Crippen LogP contribution in [0.3, 0.4) is 0 Å².